The second-order valence-corrected chi connectivity index (χ2v) is 5.42. The molecule has 6 heteroatoms. The Kier molecular flexibility index (Phi) is 5.62. The zero-order chi connectivity index (χ0) is 16.8. The van der Waals surface area contributed by atoms with Crippen molar-refractivity contribution in [2.75, 3.05) is 12.3 Å². The van der Waals surface area contributed by atoms with Crippen molar-refractivity contribution in [3.05, 3.63) is 28.6 Å². The smallest absolute Gasteiger partial charge is 0.308 e. The van der Waals surface area contributed by atoms with Gasteiger partial charge in [0.05, 0.1) is 12.1 Å². The number of aromatic nitrogens is 1. The van der Waals surface area contributed by atoms with Crippen LogP contribution < -0.4 is 20.8 Å². The van der Waals surface area contributed by atoms with Crippen LogP contribution in [-0.4, -0.2) is 17.6 Å². The summed E-state index contributed by atoms with van der Waals surface area (Å²) in [5, 5.41) is 0.581. The summed E-state index contributed by atoms with van der Waals surface area (Å²) in [7, 11) is 0. The number of benzene rings is 1. The normalized spacial score (nSPS) is 10.7. The average molecular weight is 318 g/mol. The first kappa shape index (κ1) is 16.9. The highest BCUT2D eigenvalue weighted by atomic mass is 16.6. The fourth-order valence-electron chi connectivity index (χ4n) is 2.35. The largest absolute Gasteiger partial charge is 0.485 e. The van der Waals surface area contributed by atoms with Gasteiger partial charge < -0.3 is 20.2 Å². The van der Waals surface area contributed by atoms with Crippen LogP contribution in [0, 0.1) is 0 Å². The van der Waals surface area contributed by atoms with Crippen molar-refractivity contribution in [2.24, 2.45) is 0 Å². The van der Waals surface area contributed by atoms with Crippen molar-refractivity contribution >= 4 is 22.6 Å². The third-order valence-electron chi connectivity index (χ3n) is 3.44. The number of hydrogen-bond donors (Lipinski definition) is 2. The van der Waals surface area contributed by atoms with Gasteiger partial charge in [0.1, 0.15) is 0 Å². The van der Waals surface area contributed by atoms with Gasteiger partial charge in [-0.2, -0.15) is 0 Å². The summed E-state index contributed by atoms with van der Waals surface area (Å²) < 4.78 is 10.8. The van der Waals surface area contributed by atoms with E-state index < -0.39 is 11.5 Å². The van der Waals surface area contributed by atoms with Gasteiger partial charge in [0.15, 0.2) is 5.75 Å². The molecule has 3 N–H and O–H groups in total. The Hall–Kier alpha value is -2.50. The van der Waals surface area contributed by atoms with Crippen molar-refractivity contribution in [3.8, 4) is 11.5 Å². The van der Waals surface area contributed by atoms with Crippen molar-refractivity contribution in [2.45, 2.75) is 39.5 Å². The lowest BCUT2D eigenvalue weighted by atomic mass is 10.1. The third-order valence-corrected chi connectivity index (χ3v) is 3.44. The van der Waals surface area contributed by atoms with Crippen LogP contribution in [0.5, 0.6) is 11.5 Å². The van der Waals surface area contributed by atoms with E-state index in [1.54, 1.807) is 18.2 Å². The number of ether oxygens (including phenoxy) is 2. The molecule has 0 aliphatic heterocycles. The van der Waals surface area contributed by atoms with Gasteiger partial charge in [0.25, 0.3) is 5.56 Å². The predicted octanol–water partition coefficient (Wildman–Crippen LogP) is 2.99. The van der Waals surface area contributed by atoms with E-state index in [2.05, 4.69) is 11.9 Å². The number of anilines is 1. The van der Waals surface area contributed by atoms with Gasteiger partial charge in [-0.25, -0.2) is 0 Å². The molecule has 0 saturated heterocycles. The Bertz CT molecular complexity index is 752. The number of pyridine rings is 1. The molecule has 0 radical (unpaired) electrons. The van der Waals surface area contributed by atoms with Gasteiger partial charge in [-0.3, -0.25) is 9.59 Å². The number of carbonyl (C=O) groups is 1. The summed E-state index contributed by atoms with van der Waals surface area (Å²) in [5.74, 6) is -0.328. The quantitative estimate of drug-likeness (QED) is 0.465. The van der Waals surface area contributed by atoms with Gasteiger partial charge in [0.2, 0.25) is 5.75 Å². The molecule has 0 fully saturated rings. The van der Waals surface area contributed by atoms with E-state index in [-0.39, 0.29) is 11.5 Å². The van der Waals surface area contributed by atoms with Gasteiger partial charge >= 0.3 is 5.97 Å². The third kappa shape index (κ3) is 4.25. The molecule has 1 aromatic heterocycles. The van der Waals surface area contributed by atoms with Crippen molar-refractivity contribution in [3.63, 3.8) is 0 Å². The minimum absolute atomic E-state index is 0.0361. The topological polar surface area (TPSA) is 94.4 Å². The average Bonchev–Trinajstić information content (AvgIpc) is 2.48. The molecule has 0 bridgehead atoms. The molecule has 23 heavy (non-hydrogen) atoms. The van der Waals surface area contributed by atoms with E-state index >= 15 is 0 Å². The minimum Gasteiger partial charge on any atom is -0.485 e. The number of esters is 1. The molecule has 2 aromatic rings. The highest BCUT2D eigenvalue weighted by Crippen LogP contribution is 2.32. The first-order valence-corrected chi connectivity index (χ1v) is 7.79. The Morgan fingerprint density at radius 1 is 1.22 bits per heavy atom. The van der Waals surface area contributed by atoms with Gasteiger partial charge in [0, 0.05) is 18.0 Å². The first-order chi connectivity index (χ1) is 11.0. The number of rotatable bonds is 7. The maximum absolute atomic E-state index is 12.3. The summed E-state index contributed by atoms with van der Waals surface area (Å²) >= 11 is 0. The highest BCUT2D eigenvalue weighted by molar-refractivity contribution is 5.91. The van der Waals surface area contributed by atoms with E-state index in [0.717, 1.165) is 25.7 Å². The Labute approximate surface area is 134 Å². The molecule has 0 amide bonds. The van der Waals surface area contributed by atoms with Crippen molar-refractivity contribution < 1.29 is 14.3 Å². The van der Waals surface area contributed by atoms with Crippen LogP contribution >= 0.6 is 0 Å². The SMILES string of the molecule is CCCCCCOc1c(OC(C)=O)c2ccc(N)cc2[nH]c1=O. The standard InChI is InChI=1S/C17H22N2O4/c1-3-4-5-6-9-22-16-15(23-11(2)20)13-8-7-12(18)10-14(13)19-17(16)21/h7-8,10H,3-6,9,18H2,1-2H3,(H,19,21). The number of hydrogen-bond acceptors (Lipinski definition) is 5. The van der Waals surface area contributed by atoms with E-state index in [0.29, 0.717) is 23.2 Å². The number of nitrogens with one attached hydrogen (secondary N) is 1. The fraction of sp³-hybridized carbons (Fsp3) is 0.412. The maximum atomic E-state index is 12.3. The molecule has 0 unspecified atom stereocenters. The molecule has 1 aromatic carbocycles. The summed E-state index contributed by atoms with van der Waals surface area (Å²) in [5.41, 5.74) is 6.31. The molecular weight excluding hydrogens is 296 g/mol. The molecule has 6 nitrogen and oxygen atoms in total. The monoisotopic (exact) mass is 318 g/mol. The highest BCUT2D eigenvalue weighted by Gasteiger charge is 2.17. The number of carbonyl (C=O) groups excluding carboxylic acids is 1. The molecule has 0 atom stereocenters. The second kappa shape index (κ2) is 7.67. The van der Waals surface area contributed by atoms with Gasteiger partial charge in [-0.05, 0) is 24.6 Å². The minimum atomic E-state index is -0.510. The number of nitrogen functional groups attached to an aromatic ring is 1. The Balaban J connectivity index is 2.37. The van der Waals surface area contributed by atoms with Crippen molar-refractivity contribution in [1.29, 1.82) is 0 Å². The number of unbranched alkanes of at least 4 members (excludes halogenated alkanes) is 3. The number of nitrogens with two attached hydrogens (primary N) is 1. The summed E-state index contributed by atoms with van der Waals surface area (Å²) in [4.78, 5) is 26.4. The van der Waals surface area contributed by atoms with Crippen LogP contribution in [0.15, 0.2) is 23.0 Å². The lowest BCUT2D eigenvalue weighted by Gasteiger charge is -2.13. The number of aromatic amines is 1. The summed E-state index contributed by atoms with van der Waals surface area (Å²) in [6.07, 6.45) is 4.11. The van der Waals surface area contributed by atoms with Crippen molar-refractivity contribution in [1.82, 2.24) is 4.98 Å². The van der Waals surface area contributed by atoms with Gasteiger partial charge in [-0.1, -0.05) is 26.2 Å². The lowest BCUT2D eigenvalue weighted by molar-refractivity contribution is -0.131. The molecule has 2 rings (SSSR count). The van der Waals surface area contributed by atoms with E-state index in [4.69, 9.17) is 15.2 Å². The van der Waals surface area contributed by atoms with Crippen LogP contribution in [0.2, 0.25) is 0 Å². The predicted molar refractivity (Wildman–Crippen MR) is 89.9 cm³/mol. The molecule has 0 aliphatic rings. The maximum Gasteiger partial charge on any atom is 0.308 e. The zero-order valence-electron chi connectivity index (χ0n) is 13.5. The second-order valence-electron chi connectivity index (χ2n) is 5.42. The van der Waals surface area contributed by atoms with E-state index in [1.807, 2.05) is 0 Å². The van der Waals surface area contributed by atoms with E-state index in [9.17, 15) is 9.59 Å². The molecule has 0 aliphatic carbocycles. The summed E-state index contributed by atoms with van der Waals surface area (Å²) in [6.45, 7) is 3.81. The molecule has 0 saturated carbocycles. The molecule has 124 valence electrons. The lowest BCUT2D eigenvalue weighted by Crippen LogP contribution is -2.16. The van der Waals surface area contributed by atoms with Crippen LogP contribution in [-0.2, 0) is 4.79 Å². The zero-order valence-corrected chi connectivity index (χ0v) is 13.5. The first-order valence-electron chi connectivity index (χ1n) is 7.79. The van der Waals surface area contributed by atoms with Crippen LogP contribution in [0.1, 0.15) is 39.5 Å². The fourth-order valence-corrected chi connectivity index (χ4v) is 2.35. The summed E-state index contributed by atoms with van der Waals surface area (Å²) in [6, 6.07) is 5.00. The molecule has 0 spiro atoms. The van der Waals surface area contributed by atoms with E-state index in [1.165, 1.54) is 6.92 Å². The van der Waals surface area contributed by atoms with Gasteiger partial charge in [-0.15, -0.1) is 0 Å². The Morgan fingerprint density at radius 3 is 2.70 bits per heavy atom. The van der Waals surface area contributed by atoms with Crippen LogP contribution in [0.4, 0.5) is 5.69 Å². The molecular formula is C17H22N2O4. The molecule has 1 heterocycles. The van der Waals surface area contributed by atoms with Crippen LogP contribution in [0.25, 0.3) is 10.9 Å². The number of fused-ring (bicyclic) bond motifs is 1. The van der Waals surface area contributed by atoms with Crippen LogP contribution in [0.3, 0.4) is 0 Å². The number of H-pyrrole nitrogens is 1. The Morgan fingerprint density at radius 2 is 2.00 bits per heavy atom.